The Labute approximate surface area is 160 Å². The molecule has 0 bridgehead atoms. The second kappa shape index (κ2) is 9.78. The van der Waals surface area contributed by atoms with Gasteiger partial charge in [-0.3, -0.25) is 9.69 Å². The van der Waals surface area contributed by atoms with Gasteiger partial charge >= 0.3 is 0 Å². The van der Waals surface area contributed by atoms with Crippen LogP contribution in [0.5, 0.6) is 0 Å². The van der Waals surface area contributed by atoms with E-state index in [0.717, 1.165) is 24.8 Å². The van der Waals surface area contributed by atoms with Gasteiger partial charge in [0.25, 0.3) is 5.24 Å². The molecule has 0 radical (unpaired) electrons. The van der Waals surface area contributed by atoms with Gasteiger partial charge in [0.05, 0.1) is 5.69 Å². The molecule has 0 saturated heterocycles. The maximum absolute atomic E-state index is 12.3. The van der Waals surface area contributed by atoms with Crippen LogP contribution in [0.1, 0.15) is 46.0 Å². The third-order valence-electron chi connectivity index (χ3n) is 4.17. The molecule has 1 amide bonds. The molecule has 1 unspecified atom stereocenters. The van der Waals surface area contributed by atoms with Crippen LogP contribution in [-0.2, 0) is 0 Å². The molecule has 1 heterocycles. The number of hydrogen-bond donors (Lipinski definition) is 1. The normalized spacial score (nSPS) is 12.0. The fourth-order valence-corrected chi connectivity index (χ4v) is 3.31. The molecule has 0 N–H and O–H groups in total. The van der Waals surface area contributed by atoms with Crippen molar-refractivity contribution in [3.63, 3.8) is 0 Å². The molecular weight excluding hydrogens is 354 g/mol. The van der Waals surface area contributed by atoms with Crippen molar-refractivity contribution in [1.29, 1.82) is 0 Å². The molecule has 1 aromatic heterocycles. The summed E-state index contributed by atoms with van der Waals surface area (Å²) < 4.78 is 0. The third-order valence-corrected chi connectivity index (χ3v) is 4.57. The van der Waals surface area contributed by atoms with Crippen LogP contribution < -0.4 is 4.90 Å². The number of unbranched alkanes of at least 4 members (excludes halogenated alkanes) is 3. The van der Waals surface area contributed by atoms with Crippen LogP contribution >= 0.6 is 24.2 Å². The number of thiol groups is 1. The molecule has 2 aromatic rings. The van der Waals surface area contributed by atoms with E-state index in [1.165, 1.54) is 12.8 Å². The van der Waals surface area contributed by atoms with E-state index in [4.69, 9.17) is 11.6 Å². The molecule has 0 aliphatic heterocycles. The summed E-state index contributed by atoms with van der Waals surface area (Å²) in [6.07, 6.45) is 5.53. The van der Waals surface area contributed by atoms with Crippen LogP contribution in [0.15, 0.2) is 36.4 Å². The SMILES string of the molecule is CCCCCCC(C)N(C(=O)S)c1cc(Cl)nnc1-c1ccccc1. The zero-order chi connectivity index (χ0) is 18.2. The molecule has 0 fully saturated rings. The van der Waals surface area contributed by atoms with Crippen molar-refractivity contribution in [3.05, 3.63) is 41.6 Å². The second-order valence-corrected chi connectivity index (χ2v) is 6.89. The lowest BCUT2D eigenvalue weighted by atomic mass is 10.1. The number of carbonyl (C=O) groups is 1. The molecule has 0 aliphatic rings. The maximum atomic E-state index is 12.3. The lowest BCUT2D eigenvalue weighted by Gasteiger charge is -2.29. The summed E-state index contributed by atoms with van der Waals surface area (Å²) >= 11 is 10.2. The number of hydrogen-bond acceptors (Lipinski definition) is 3. The Morgan fingerprint density at radius 3 is 2.56 bits per heavy atom. The van der Waals surface area contributed by atoms with Crippen molar-refractivity contribution in [1.82, 2.24) is 10.2 Å². The first kappa shape index (κ1) is 19.7. The average Bonchev–Trinajstić information content (AvgIpc) is 2.59. The highest BCUT2D eigenvalue weighted by atomic mass is 35.5. The molecule has 4 nitrogen and oxygen atoms in total. The topological polar surface area (TPSA) is 46.1 Å². The number of benzene rings is 1. The van der Waals surface area contributed by atoms with Gasteiger partial charge in [0.15, 0.2) is 5.15 Å². The fourth-order valence-electron chi connectivity index (χ4n) is 2.87. The van der Waals surface area contributed by atoms with Crippen LogP contribution in [0.4, 0.5) is 10.5 Å². The van der Waals surface area contributed by atoms with Crippen LogP contribution in [0.2, 0.25) is 5.15 Å². The zero-order valence-electron chi connectivity index (χ0n) is 14.7. The van der Waals surface area contributed by atoms with Crippen LogP contribution in [0.25, 0.3) is 11.3 Å². The summed E-state index contributed by atoms with van der Waals surface area (Å²) in [6.45, 7) is 4.22. The number of anilines is 1. The van der Waals surface area contributed by atoms with E-state index >= 15 is 0 Å². The molecule has 1 atom stereocenters. The molecule has 0 spiro atoms. The number of carbonyl (C=O) groups excluding carboxylic acids is 1. The molecular formula is C19H24ClN3OS. The zero-order valence-corrected chi connectivity index (χ0v) is 16.3. The van der Waals surface area contributed by atoms with Gasteiger partial charge in [-0.1, -0.05) is 87.2 Å². The minimum absolute atomic E-state index is 0.00425. The minimum Gasteiger partial charge on any atom is -0.298 e. The number of aromatic nitrogens is 2. The highest BCUT2D eigenvalue weighted by Crippen LogP contribution is 2.33. The van der Waals surface area contributed by atoms with Gasteiger partial charge in [-0.25, -0.2) is 0 Å². The second-order valence-electron chi connectivity index (χ2n) is 6.12. The summed E-state index contributed by atoms with van der Waals surface area (Å²) in [5, 5.41) is 8.13. The maximum Gasteiger partial charge on any atom is 0.283 e. The largest absolute Gasteiger partial charge is 0.298 e. The van der Waals surface area contributed by atoms with Gasteiger partial charge in [-0.2, -0.15) is 0 Å². The summed E-state index contributed by atoms with van der Waals surface area (Å²) in [4.78, 5) is 13.9. The van der Waals surface area contributed by atoms with E-state index in [9.17, 15) is 4.79 Å². The van der Waals surface area contributed by atoms with E-state index in [0.29, 0.717) is 11.4 Å². The fraction of sp³-hybridized carbons (Fsp3) is 0.421. The van der Waals surface area contributed by atoms with Crippen molar-refractivity contribution in [2.75, 3.05) is 4.90 Å². The Bertz CT molecular complexity index is 696. The number of nitrogens with zero attached hydrogens (tertiary/aromatic N) is 3. The van der Waals surface area contributed by atoms with Crippen molar-refractivity contribution in [3.8, 4) is 11.3 Å². The van der Waals surface area contributed by atoms with Crippen LogP contribution in [0, 0.1) is 0 Å². The van der Waals surface area contributed by atoms with Crippen molar-refractivity contribution in [2.45, 2.75) is 52.0 Å². The van der Waals surface area contributed by atoms with E-state index in [1.54, 1.807) is 11.0 Å². The van der Waals surface area contributed by atoms with E-state index in [1.807, 2.05) is 37.3 Å². The van der Waals surface area contributed by atoms with Crippen molar-refractivity contribution < 1.29 is 4.79 Å². The monoisotopic (exact) mass is 377 g/mol. The Hall–Kier alpha value is -1.59. The molecule has 0 saturated carbocycles. The van der Waals surface area contributed by atoms with Gasteiger partial charge < -0.3 is 0 Å². The van der Waals surface area contributed by atoms with Gasteiger partial charge in [-0.15, -0.1) is 10.2 Å². The first-order chi connectivity index (χ1) is 12.0. The number of halogens is 1. The molecule has 0 aliphatic carbocycles. The number of rotatable bonds is 8. The average molecular weight is 378 g/mol. The molecule has 134 valence electrons. The molecule has 6 heteroatoms. The smallest absolute Gasteiger partial charge is 0.283 e. The summed E-state index contributed by atoms with van der Waals surface area (Å²) in [7, 11) is 0. The Morgan fingerprint density at radius 2 is 1.92 bits per heavy atom. The molecule has 25 heavy (non-hydrogen) atoms. The third kappa shape index (κ3) is 5.44. The Morgan fingerprint density at radius 1 is 1.20 bits per heavy atom. The first-order valence-electron chi connectivity index (χ1n) is 8.65. The Balaban J connectivity index is 2.34. The van der Waals surface area contributed by atoms with E-state index in [-0.39, 0.29) is 16.4 Å². The summed E-state index contributed by atoms with van der Waals surface area (Å²) in [6, 6.07) is 11.4. The minimum atomic E-state index is -0.316. The predicted octanol–water partition coefficient (Wildman–Crippen LogP) is 6.01. The Kier molecular flexibility index (Phi) is 7.72. The molecule has 1 aromatic carbocycles. The summed E-state index contributed by atoms with van der Waals surface area (Å²) in [5.74, 6) is 0. The van der Waals surface area contributed by atoms with Gasteiger partial charge in [0.1, 0.15) is 5.69 Å². The van der Waals surface area contributed by atoms with E-state index in [2.05, 4.69) is 29.7 Å². The standard InChI is InChI=1S/C19H24ClN3OS/c1-3-4-5-7-10-14(2)23(19(24)25)16-13-17(20)21-22-18(16)15-11-8-6-9-12-15/h6,8-9,11-14H,3-5,7,10H2,1-2H3,(H,24,25). The van der Waals surface area contributed by atoms with Crippen molar-refractivity contribution >= 4 is 35.2 Å². The lowest BCUT2D eigenvalue weighted by Crippen LogP contribution is -2.36. The van der Waals surface area contributed by atoms with Crippen molar-refractivity contribution in [2.24, 2.45) is 0 Å². The highest BCUT2D eigenvalue weighted by Gasteiger charge is 2.24. The number of amides is 1. The van der Waals surface area contributed by atoms with Gasteiger partial charge in [0.2, 0.25) is 0 Å². The quantitative estimate of drug-likeness (QED) is 0.452. The van der Waals surface area contributed by atoms with E-state index < -0.39 is 0 Å². The summed E-state index contributed by atoms with van der Waals surface area (Å²) in [5.41, 5.74) is 2.17. The highest BCUT2D eigenvalue weighted by molar-refractivity contribution is 7.96. The molecule has 2 rings (SSSR count). The van der Waals surface area contributed by atoms with Crippen LogP contribution in [-0.4, -0.2) is 21.5 Å². The predicted molar refractivity (Wildman–Crippen MR) is 108 cm³/mol. The lowest BCUT2D eigenvalue weighted by molar-refractivity contribution is 0.263. The van der Waals surface area contributed by atoms with Gasteiger partial charge in [-0.05, 0) is 13.3 Å². The first-order valence-corrected chi connectivity index (χ1v) is 9.48. The van der Waals surface area contributed by atoms with Gasteiger partial charge in [0, 0.05) is 17.7 Å². The van der Waals surface area contributed by atoms with Crippen LogP contribution in [0.3, 0.4) is 0 Å².